The molecular formula is C19H29NO3. The monoisotopic (exact) mass is 319 g/mol. The van der Waals surface area contributed by atoms with E-state index in [1.807, 2.05) is 12.1 Å². The molecule has 1 heterocycles. The van der Waals surface area contributed by atoms with E-state index in [0.717, 1.165) is 38.2 Å². The molecule has 2 fully saturated rings. The van der Waals surface area contributed by atoms with Crippen molar-refractivity contribution >= 4 is 0 Å². The Kier molecular flexibility index (Phi) is 5.57. The second-order valence-corrected chi connectivity index (χ2v) is 7.02. The van der Waals surface area contributed by atoms with Gasteiger partial charge in [-0.25, -0.2) is 0 Å². The molecule has 2 atom stereocenters. The van der Waals surface area contributed by atoms with Gasteiger partial charge in [-0.05, 0) is 37.0 Å². The van der Waals surface area contributed by atoms with Gasteiger partial charge in [0.1, 0.15) is 12.4 Å². The van der Waals surface area contributed by atoms with E-state index in [1.165, 1.54) is 24.8 Å². The maximum absolute atomic E-state index is 10.8. The van der Waals surface area contributed by atoms with Crippen LogP contribution in [0.5, 0.6) is 5.75 Å². The number of nitrogens with zero attached hydrogens (tertiary/aromatic N) is 1. The fraction of sp³-hybridized carbons (Fsp3) is 0.684. The lowest BCUT2D eigenvalue weighted by atomic mass is 9.71. The number of benzene rings is 1. The molecular weight excluding hydrogens is 290 g/mol. The van der Waals surface area contributed by atoms with Crippen molar-refractivity contribution in [2.45, 2.75) is 44.2 Å². The van der Waals surface area contributed by atoms with Crippen LogP contribution in [0.15, 0.2) is 24.3 Å². The number of hydrogen-bond acceptors (Lipinski definition) is 4. The highest BCUT2D eigenvalue weighted by Crippen LogP contribution is 2.40. The zero-order valence-electron chi connectivity index (χ0n) is 14.2. The van der Waals surface area contributed by atoms with E-state index in [0.29, 0.717) is 19.1 Å². The number of hydrogen-bond donors (Lipinski definition) is 1. The van der Waals surface area contributed by atoms with Crippen LogP contribution >= 0.6 is 0 Å². The summed E-state index contributed by atoms with van der Waals surface area (Å²) >= 11 is 0. The van der Waals surface area contributed by atoms with Gasteiger partial charge in [0.2, 0.25) is 0 Å². The van der Waals surface area contributed by atoms with Crippen LogP contribution in [0, 0.1) is 5.92 Å². The van der Waals surface area contributed by atoms with Crippen LogP contribution in [0.3, 0.4) is 0 Å². The Morgan fingerprint density at radius 3 is 2.78 bits per heavy atom. The van der Waals surface area contributed by atoms with E-state index >= 15 is 0 Å². The van der Waals surface area contributed by atoms with Gasteiger partial charge in [-0.3, -0.25) is 4.90 Å². The molecule has 3 rings (SSSR count). The Labute approximate surface area is 139 Å². The van der Waals surface area contributed by atoms with Crippen molar-refractivity contribution in [3.63, 3.8) is 0 Å². The molecule has 1 aromatic carbocycles. The first-order chi connectivity index (χ1) is 11.2. The Balaban J connectivity index is 1.51. The summed E-state index contributed by atoms with van der Waals surface area (Å²) in [7, 11) is 1.68. The van der Waals surface area contributed by atoms with Gasteiger partial charge in [0.05, 0.1) is 12.2 Å². The molecule has 1 aliphatic heterocycles. The smallest absolute Gasteiger partial charge is 0.119 e. The Morgan fingerprint density at radius 1 is 1.17 bits per heavy atom. The van der Waals surface area contributed by atoms with Crippen LogP contribution in [-0.2, 0) is 11.3 Å². The van der Waals surface area contributed by atoms with Crippen LogP contribution in [0.4, 0.5) is 0 Å². The minimum atomic E-state index is -0.381. The Bertz CT molecular complexity index is 490. The fourth-order valence-electron chi connectivity index (χ4n) is 3.98. The van der Waals surface area contributed by atoms with Crippen LogP contribution in [0.1, 0.15) is 37.7 Å². The number of rotatable bonds is 6. The molecule has 1 saturated heterocycles. The lowest BCUT2D eigenvalue weighted by molar-refractivity contribution is -0.0967. The summed E-state index contributed by atoms with van der Waals surface area (Å²) in [5.41, 5.74) is 0.929. The van der Waals surface area contributed by atoms with E-state index in [4.69, 9.17) is 9.47 Å². The molecule has 1 saturated carbocycles. The van der Waals surface area contributed by atoms with Crippen molar-refractivity contribution in [3.8, 4) is 5.75 Å². The third-order valence-electron chi connectivity index (χ3n) is 5.40. The summed E-state index contributed by atoms with van der Waals surface area (Å²) in [5, 5.41) is 10.8. The number of piperidine rings is 1. The van der Waals surface area contributed by atoms with Gasteiger partial charge < -0.3 is 14.6 Å². The van der Waals surface area contributed by atoms with Gasteiger partial charge in [0.25, 0.3) is 0 Å². The molecule has 0 bridgehead atoms. The first-order valence-electron chi connectivity index (χ1n) is 8.85. The summed E-state index contributed by atoms with van der Waals surface area (Å²) in [5.74, 6) is 1.35. The quantitative estimate of drug-likeness (QED) is 0.819. The summed E-state index contributed by atoms with van der Waals surface area (Å²) in [6.07, 6.45) is 5.57. The molecule has 0 aromatic heterocycles. The normalized spacial score (nSPS) is 28.3. The predicted molar refractivity (Wildman–Crippen MR) is 90.6 cm³/mol. The van der Waals surface area contributed by atoms with Gasteiger partial charge in [0.15, 0.2) is 0 Å². The Hall–Kier alpha value is -1.10. The van der Waals surface area contributed by atoms with Crippen LogP contribution in [-0.4, -0.2) is 49.0 Å². The first kappa shape index (κ1) is 16.7. The molecule has 4 heteroatoms. The molecule has 0 spiro atoms. The molecule has 2 aliphatic rings. The molecule has 23 heavy (non-hydrogen) atoms. The van der Waals surface area contributed by atoms with Gasteiger partial charge in [0, 0.05) is 32.7 Å². The third-order valence-corrected chi connectivity index (χ3v) is 5.40. The Morgan fingerprint density at radius 2 is 2.00 bits per heavy atom. The number of aliphatic hydroxyl groups is 1. The van der Waals surface area contributed by atoms with E-state index in [-0.39, 0.29) is 5.60 Å². The van der Waals surface area contributed by atoms with Gasteiger partial charge >= 0.3 is 0 Å². The molecule has 1 aliphatic carbocycles. The van der Waals surface area contributed by atoms with Crippen molar-refractivity contribution in [1.82, 2.24) is 4.90 Å². The number of fused-ring (bicyclic) bond motifs is 1. The van der Waals surface area contributed by atoms with Crippen LogP contribution in [0.2, 0.25) is 0 Å². The zero-order valence-corrected chi connectivity index (χ0v) is 14.2. The topological polar surface area (TPSA) is 41.9 Å². The molecule has 0 unspecified atom stereocenters. The summed E-state index contributed by atoms with van der Waals surface area (Å²) in [6, 6.07) is 8.35. The molecule has 0 radical (unpaired) electrons. The summed E-state index contributed by atoms with van der Waals surface area (Å²) < 4.78 is 10.6. The average molecular weight is 319 g/mol. The summed E-state index contributed by atoms with van der Waals surface area (Å²) in [4.78, 5) is 2.49. The van der Waals surface area contributed by atoms with E-state index in [1.54, 1.807) is 7.11 Å². The maximum atomic E-state index is 10.8. The number of likely N-dealkylation sites (tertiary alicyclic amines) is 1. The van der Waals surface area contributed by atoms with Crippen molar-refractivity contribution in [1.29, 1.82) is 0 Å². The van der Waals surface area contributed by atoms with Crippen LogP contribution < -0.4 is 4.74 Å². The highest BCUT2D eigenvalue weighted by Gasteiger charge is 2.42. The number of methoxy groups -OCH3 is 1. The largest absolute Gasteiger partial charge is 0.491 e. The first-order valence-corrected chi connectivity index (χ1v) is 8.85. The van der Waals surface area contributed by atoms with Crippen LogP contribution in [0.25, 0.3) is 0 Å². The zero-order chi connectivity index (χ0) is 16.1. The SMILES string of the molecule is COCCOc1ccc(CN2CC[C@@]3(O)CCCC[C@@H]3C2)cc1. The van der Waals surface area contributed by atoms with Gasteiger partial charge in [-0.15, -0.1) is 0 Å². The van der Waals surface area contributed by atoms with Gasteiger partial charge in [-0.2, -0.15) is 0 Å². The molecule has 1 aromatic rings. The predicted octanol–water partition coefficient (Wildman–Crippen LogP) is 2.84. The van der Waals surface area contributed by atoms with E-state index in [2.05, 4.69) is 17.0 Å². The second-order valence-electron chi connectivity index (χ2n) is 7.02. The van der Waals surface area contributed by atoms with Crippen molar-refractivity contribution in [3.05, 3.63) is 29.8 Å². The standard InChI is InChI=1S/C19H29NO3/c1-22-12-13-23-18-7-5-16(6-8-18)14-20-11-10-19(21)9-3-2-4-17(19)15-20/h5-8,17,21H,2-4,9-15H2,1H3/t17-,19+/m1/s1. The highest BCUT2D eigenvalue weighted by atomic mass is 16.5. The number of ether oxygens (including phenoxy) is 2. The van der Waals surface area contributed by atoms with E-state index in [9.17, 15) is 5.11 Å². The molecule has 0 amide bonds. The highest BCUT2D eigenvalue weighted by molar-refractivity contribution is 5.27. The fourth-order valence-corrected chi connectivity index (χ4v) is 3.98. The summed E-state index contributed by atoms with van der Waals surface area (Å²) in [6.45, 7) is 4.19. The second kappa shape index (κ2) is 7.65. The minimum absolute atomic E-state index is 0.381. The third kappa shape index (κ3) is 4.25. The molecule has 128 valence electrons. The van der Waals surface area contributed by atoms with Gasteiger partial charge in [-0.1, -0.05) is 25.0 Å². The minimum Gasteiger partial charge on any atom is -0.491 e. The van der Waals surface area contributed by atoms with E-state index < -0.39 is 0 Å². The molecule has 1 N–H and O–H groups in total. The lowest BCUT2D eigenvalue weighted by Gasteiger charge is -2.47. The van der Waals surface area contributed by atoms with Crippen molar-refractivity contribution < 1.29 is 14.6 Å². The maximum Gasteiger partial charge on any atom is 0.119 e. The molecule has 4 nitrogen and oxygen atoms in total. The van der Waals surface area contributed by atoms with Crippen molar-refractivity contribution in [2.75, 3.05) is 33.4 Å². The van der Waals surface area contributed by atoms with Crippen molar-refractivity contribution in [2.24, 2.45) is 5.92 Å². The lowest BCUT2D eigenvalue weighted by Crippen LogP contribution is -2.52. The average Bonchev–Trinajstić information content (AvgIpc) is 2.57.